The highest BCUT2D eigenvalue weighted by Crippen LogP contribution is 2.39. The molecule has 0 spiro atoms. The predicted molar refractivity (Wildman–Crippen MR) is 88.8 cm³/mol. The lowest BCUT2D eigenvalue weighted by atomic mass is 10.1. The minimum atomic E-state index is -0.421. The number of hydrogen-bond acceptors (Lipinski definition) is 8. The van der Waals surface area contributed by atoms with E-state index >= 15 is 0 Å². The van der Waals surface area contributed by atoms with Crippen molar-refractivity contribution in [1.82, 2.24) is 20.0 Å². The lowest BCUT2D eigenvalue weighted by molar-refractivity contribution is -0.0525. The van der Waals surface area contributed by atoms with Gasteiger partial charge in [-0.05, 0) is 19.8 Å². The molecule has 2 atom stereocenters. The molecule has 0 aromatic carbocycles. The second-order valence-corrected chi connectivity index (χ2v) is 7.09. The van der Waals surface area contributed by atoms with Crippen LogP contribution in [0, 0.1) is 0 Å². The highest BCUT2D eigenvalue weighted by Gasteiger charge is 2.39. The zero-order chi connectivity index (χ0) is 17.4. The molecule has 2 aliphatic rings. The van der Waals surface area contributed by atoms with Crippen LogP contribution in [0.4, 0.5) is 9.93 Å². The Morgan fingerprint density at radius 2 is 2.32 bits per heavy atom. The number of carbonyl (C=O) groups is 1. The molecule has 1 aliphatic carbocycles. The number of methoxy groups -OCH3 is 1. The van der Waals surface area contributed by atoms with E-state index in [-0.39, 0.29) is 12.1 Å². The maximum Gasteiger partial charge on any atom is 0.324 e. The highest BCUT2D eigenvalue weighted by atomic mass is 32.1. The van der Waals surface area contributed by atoms with Crippen molar-refractivity contribution in [3.05, 3.63) is 17.9 Å². The molecule has 0 bridgehead atoms. The van der Waals surface area contributed by atoms with Gasteiger partial charge < -0.3 is 18.9 Å². The molecule has 10 heteroatoms. The summed E-state index contributed by atoms with van der Waals surface area (Å²) >= 11 is 1.26. The van der Waals surface area contributed by atoms with Gasteiger partial charge in [0.05, 0.1) is 26.0 Å². The Balaban J connectivity index is 1.53. The minimum absolute atomic E-state index is 0.238. The number of anilines is 1. The number of thiazole rings is 1. The first-order valence-electron chi connectivity index (χ1n) is 8.18. The number of ether oxygens (including phenoxy) is 2. The maximum atomic E-state index is 12.7. The van der Waals surface area contributed by atoms with Gasteiger partial charge in [-0.1, -0.05) is 16.5 Å². The third-order valence-electron chi connectivity index (χ3n) is 4.31. The summed E-state index contributed by atoms with van der Waals surface area (Å²) in [6.07, 6.45) is 3.51. The van der Waals surface area contributed by atoms with Gasteiger partial charge in [0, 0.05) is 12.5 Å². The molecule has 0 radical (unpaired) electrons. The van der Waals surface area contributed by atoms with E-state index in [2.05, 4.69) is 20.4 Å². The van der Waals surface area contributed by atoms with Gasteiger partial charge in [0.15, 0.2) is 16.0 Å². The number of morpholine rings is 1. The van der Waals surface area contributed by atoms with Gasteiger partial charge >= 0.3 is 6.03 Å². The molecule has 4 rings (SSSR count). The summed E-state index contributed by atoms with van der Waals surface area (Å²) in [5.74, 6) is 1.53. The number of urea groups is 1. The van der Waals surface area contributed by atoms with Crippen LogP contribution in [0.2, 0.25) is 0 Å². The van der Waals surface area contributed by atoms with Gasteiger partial charge in [-0.3, -0.25) is 5.32 Å². The molecule has 9 nitrogen and oxygen atoms in total. The fraction of sp³-hybridized carbons (Fsp3) is 0.600. The quantitative estimate of drug-likeness (QED) is 0.887. The molecule has 2 aromatic heterocycles. The van der Waals surface area contributed by atoms with Crippen LogP contribution in [0.5, 0.6) is 5.06 Å². The molecular weight excluding hydrogens is 346 g/mol. The molecule has 3 heterocycles. The van der Waals surface area contributed by atoms with Crippen molar-refractivity contribution in [2.45, 2.75) is 37.8 Å². The number of hydrogen-bond donors (Lipinski definition) is 1. The Morgan fingerprint density at radius 3 is 3.04 bits per heavy atom. The van der Waals surface area contributed by atoms with Crippen molar-refractivity contribution in [3.63, 3.8) is 0 Å². The first kappa shape index (κ1) is 16.3. The normalized spacial score (nSPS) is 23.5. The number of rotatable bonds is 4. The van der Waals surface area contributed by atoms with Crippen LogP contribution in [-0.4, -0.2) is 52.4 Å². The van der Waals surface area contributed by atoms with Crippen LogP contribution >= 0.6 is 11.3 Å². The van der Waals surface area contributed by atoms with Crippen molar-refractivity contribution < 1.29 is 18.8 Å². The molecule has 2 aromatic rings. The molecule has 134 valence electrons. The monoisotopic (exact) mass is 365 g/mol. The van der Waals surface area contributed by atoms with Crippen LogP contribution in [0.1, 0.15) is 43.4 Å². The van der Waals surface area contributed by atoms with E-state index in [9.17, 15) is 4.79 Å². The number of carbonyl (C=O) groups excluding carboxylic acids is 1. The van der Waals surface area contributed by atoms with Crippen LogP contribution in [0.15, 0.2) is 10.7 Å². The van der Waals surface area contributed by atoms with Crippen LogP contribution < -0.4 is 10.1 Å². The molecule has 2 amide bonds. The summed E-state index contributed by atoms with van der Waals surface area (Å²) in [7, 11) is 1.56. The van der Waals surface area contributed by atoms with Crippen molar-refractivity contribution >= 4 is 22.5 Å². The number of amides is 2. The van der Waals surface area contributed by atoms with Crippen molar-refractivity contribution in [2.24, 2.45) is 0 Å². The van der Waals surface area contributed by atoms with Gasteiger partial charge in [0.25, 0.3) is 5.89 Å². The summed E-state index contributed by atoms with van der Waals surface area (Å²) in [5, 5.41) is 7.96. The fourth-order valence-electron chi connectivity index (χ4n) is 2.83. The summed E-state index contributed by atoms with van der Waals surface area (Å²) < 4.78 is 16.2. The third kappa shape index (κ3) is 3.31. The molecular formula is C15H19N5O4S. The lowest BCUT2D eigenvalue weighted by Gasteiger charge is -2.37. The predicted octanol–water partition coefficient (Wildman–Crippen LogP) is 2.41. The zero-order valence-corrected chi connectivity index (χ0v) is 14.8. The molecule has 2 fully saturated rings. The largest absolute Gasteiger partial charge is 0.486 e. The highest BCUT2D eigenvalue weighted by molar-refractivity contribution is 7.17. The van der Waals surface area contributed by atoms with Gasteiger partial charge in [-0.25, -0.2) is 9.78 Å². The average molecular weight is 365 g/mol. The SMILES string of the molecule is COc1cnc(NC(=O)N2CCO[C@H](C)[C@H]2c2nc(C3CC3)no2)s1. The second kappa shape index (κ2) is 6.60. The Morgan fingerprint density at radius 1 is 1.48 bits per heavy atom. The fourth-order valence-corrected chi connectivity index (χ4v) is 3.46. The molecule has 1 saturated carbocycles. The van der Waals surface area contributed by atoms with E-state index in [1.165, 1.54) is 11.3 Å². The van der Waals surface area contributed by atoms with Gasteiger partial charge in [-0.15, -0.1) is 0 Å². The molecule has 1 N–H and O–H groups in total. The van der Waals surface area contributed by atoms with E-state index in [1.807, 2.05) is 6.92 Å². The average Bonchev–Trinajstić information content (AvgIpc) is 3.17. The van der Waals surface area contributed by atoms with Crippen molar-refractivity contribution in [1.29, 1.82) is 0 Å². The maximum absolute atomic E-state index is 12.7. The smallest absolute Gasteiger partial charge is 0.324 e. The van der Waals surface area contributed by atoms with Crippen molar-refractivity contribution in [3.8, 4) is 5.06 Å². The zero-order valence-electron chi connectivity index (χ0n) is 14.0. The summed E-state index contributed by atoms with van der Waals surface area (Å²) in [5.41, 5.74) is 0. The van der Waals surface area contributed by atoms with Crippen LogP contribution in [0.3, 0.4) is 0 Å². The number of nitrogens with one attached hydrogen (secondary N) is 1. The summed E-state index contributed by atoms with van der Waals surface area (Å²) in [4.78, 5) is 23.0. The minimum Gasteiger partial charge on any atom is -0.486 e. The van der Waals surface area contributed by atoms with E-state index in [0.29, 0.717) is 35.2 Å². The first-order valence-corrected chi connectivity index (χ1v) is 9.00. The van der Waals surface area contributed by atoms with Crippen LogP contribution in [-0.2, 0) is 4.74 Å². The van der Waals surface area contributed by atoms with E-state index in [4.69, 9.17) is 14.0 Å². The summed E-state index contributed by atoms with van der Waals surface area (Å²) in [6, 6.07) is -0.695. The van der Waals surface area contributed by atoms with E-state index in [0.717, 1.165) is 18.7 Å². The van der Waals surface area contributed by atoms with E-state index in [1.54, 1.807) is 18.2 Å². The van der Waals surface area contributed by atoms with Gasteiger partial charge in [0.1, 0.15) is 6.04 Å². The molecule has 25 heavy (non-hydrogen) atoms. The Kier molecular flexibility index (Phi) is 4.30. The molecule has 1 saturated heterocycles. The molecule has 0 unspecified atom stereocenters. The van der Waals surface area contributed by atoms with E-state index < -0.39 is 6.04 Å². The number of aromatic nitrogens is 3. The van der Waals surface area contributed by atoms with Crippen LogP contribution in [0.25, 0.3) is 0 Å². The lowest BCUT2D eigenvalue weighted by Crippen LogP contribution is -2.49. The number of nitrogens with zero attached hydrogens (tertiary/aromatic N) is 4. The first-order chi connectivity index (χ1) is 12.2. The topological polar surface area (TPSA) is 103 Å². The summed E-state index contributed by atoms with van der Waals surface area (Å²) in [6.45, 7) is 2.79. The Hall–Kier alpha value is -2.20. The standard InChI is InChI=1S/C15H19N5O4S/c1-8-11(13-17-12(19-24-13)9-3-4-9)20(5-6-23-8)15(21)18-14-16-7-10(22-2)25-14/h7-9,11H,3-6H2,1-2H3,(H,16,18,21)/t8-,11+/m1/s1. The van der Waals surface area contributed by atoms with Gasteiger partial charge in [0.2, 0.25) is 0 Å². The van der Waals surface area contributed by atoms with Crippen molar-refractivity contribution in [2.75, 3.05) is 25.6 Å². The Bertz CT molecular complexity index is 759. The second-order valence-electron chi connectivity index (χ2n) is 6.10. The molecule has 1 aliphatic heterocycles. The van der Waals surface area contributed by atoms with Gasteiger partial charge in [-0.2, -0.15) is 4.98 Å². The third-order valence-corrected chi connectivity index (χ3v) is 5.18. The Labute approximate surface area is 148 Å².